The van der Waals surface area contributed by atoms with Gasteiger partial charge in [-0.3, -0.25) is 14.9 Å². The number of hydrogen-bond donors (Lipinski definition) is 2. The number of H-pyrrole nitrogens is 1. The minimum absolute atomic E-state index is 0.0195. The lowest BCUT2D eigenvalue weighted by molar-refractivity contribution is -0.383. The molecule has 1 aliphatic heterocycles. The Kier molecular flexibility index (Phi) is 3.81. The Morgan fingerprint density at radius 1 is 1.50 bits per heavy atom. The number of nitro benzene ring substituents is 1. The molecule has 1 amide bonds. The van der Waals surface area contributed by atoms with Crippen LogP contribution in [0.25, 0.3) is 10.9 Å². The van der Waals surface area contributed by atoms with Crippen LogP contribution in [0.5, 0.6) is 0 Å². The van der Waals surface area contributed by atoms with Gasteiger partial charge in [0.2, 0.25) is 0 Å². The summed E-state index contributed by atoms with van der Waals surface area (Å²) in [6.45, 7) is 1.87. The monoisotopic (exact) mass is 302 g/mol. The number of aromatic amines is 1. The van der Waals surface area contributed by atoms with Crippen molar-refractivity contribution < 1.29 is 9.72 Å². The lowest BCUT2D eigenvalue weighted by Gasteiger charge is -2.30. The third-order valence-corrected chi connectivity index (χ3v) is 4.04. The van der Waals surface area contributed by atoms with Crippen LogP contribution in [-0.2, 0) is 0 Å². The van der Waals surface area contributed by atoms with E-state index >= 15 is 0 Å². The first-order valence-corrected chi connectivity index (χ1v) is 7.30. The molecule has 1 saturated heterocycles. The summed E-state index contributed by atoms with van der Waals surface area (Å²) >= 11 is 0. The number of carbonyl (C=O) groups excluding carboxylic acids is 1. The second-order valence-electron chi connectivity index (χ2n) is 5.76. The van der Waals surface area contributed by atoms with E-state index in [1.165, 1.54) is 6.07 Å². The van der Waals surface area contributed by atoms with E-state index in [4.69, 9.17) is 0 Å². The van der Waals surface area contributed by atoms with E-state index in [1.807, 2.05) is 7.05 Å². The molecule has 0 radical (unpaired) electrons. The van der Waals surface area contributed by atoms with Crippen LogP contribution >= 0.6 is 0 Å². The van der Waals surface area contributed by atoms with Crippen molar-refractivity contribution in [1.29, 1.82) is 0 Å². The normalized spacial score (nSPS) is 19.2. The van der Waals surface area contributed by atoms with Gasteiger partial charge in [-0.25, -0.2) is 0 Å². The van der Waals surface area contributed by atoms with Crippen molar-refractivity contribution in [1.82, 2.24) is 15.2 Å². The number of carbonyl (C=O) groups is 1. The van der Waals surface area contributed by atoms with Gasteiger partial charge in [0.25, 0.3) is 11.6 Å². The zero-order chi connectivity index (χ0) is 15.7. The standard InChI is InChI=1S/C15H18N4O3/c1-18-7-3-5-11(9-18)16-15(20)12-8-10-4-2-6-13(19(21)22)14(10)17-12/h2,4,6,8,11,17H,3,5,7,9H2,1H3,(H,16,20)/t11-/m1/s1. The fourth-order valence-electron chi connectivity index (χ4n) is 2.96. The Hall–Kier alpha value is -2.41. The Morgan fingerprint density at radius 2 is 2.32 bits per heavy atom. The van der Waals surface area contributed by atoms with E-state index < -0.39 is 4.92 Å². The number of rotatable bonds is 3. The molecule has 0 spiro atoms. The predicted molar refractivity (Wildman–Crippen MR) is 82.9 cm³/mol. The smallest absolute Gasteiger partial charge is 0.293 e. The summed E-state index contributed by atoms with van der Waals surface area (Å²) in [6.07, 6.45) is 2.01. The molecular formula is C15H18N4O3. The second kappa shape index (κ2) is 5.76. The summed E-state index contributed by atoms with van der Waals surface area (Å²) < 4.78 is 0. The molecule has 22 heavy (non-hydrogen) atoms. The van der Waals surface area contributed by atoms with E-state index in [-0.39, 0.29) is 17.6 Å². The van der Waals surface area contributed by atoms with Gasteiger partial charge in [-0.2, -0.15) is 0 Å². The quantitative estimate of drug-likeness (QED) is 0.669. The molecule has 1 aromatic heterocycles. The van der Waals surface area contributed by atoms with Crippen LogP contribution in [-0.4, -0.2) is 46.9 Å². The molecule has 2 aromatic rings. The SMILES string of the molecule is CN1CCC[C@@H](NC(=O)c2cc3cccc([N+](=O)[O-])c3[nH]2)C1. The van der Waals surface area contributed by atoms with Crippen LogP contribution in [0.2, 0.25) is 0 Å². The first-order valence-electron chi connectivity index (χ1n) is 7.30. The first kappa shape index (κ1) is 14.5. The van der Waals surface area contributed by atoms with E-state index in [2.05, 4.69) is 15.2 Å². The fourth-order valence-corrected chi connectivity index (χ4v) is 2.96. The van der Waals surface area contributed by atoms with Crippen molar-refractivity contribution in [2.75, 3.05) is 20.1 Å². The molecule has 1 fully saturated rings. The minimum Gasteiger partial charge on any atom is -0.347 e. The lowest BCUT2D eigenvalue weighted by atomic mass is 10.1. The molecule has 7 nitrogen and oxygen atoms in total. The van der Waals surface area contributed by atoms with Crippen molar-refractivity contribution in [3.05, 3.63) is 40.1 Å². The van der Waals surface area contributed by atoms with Gasteiger partial charge in [0, 0.05) is 24.0 Å². The number of non-ortho nitro benzene ring substituents is 1. The highest BCUT2D eigenvalue weighted by Crippen LogP contribution is 2.25. The van der Waals surface area contributed by atoms with Crippen molar-refractivity contribution in [3.8, 4) is 0 Å². The van der Waals surface area contributed by atoms with Gasteiger partial charge in [-0.05, 0) is 32.5 Å². The number of piperidine rings is 1. The summed E-state index contributed by atoms with van der Waals surface area (Å²) in [6, 6.07) is 6.57. The van der Waals surface area contributed by atoms with Crippen LogP contribution in [0.4, 0.5) is 5.69 Å². The van der Waals surface area contributed by atoms with Crippen LogP contribution in [0.15, 0.2) is 24.3 Å². The molecule has 1 aliphatic rings. The molecule has 0 aliphatic carbocycles. The van der Waals surface area contributed by atoms with Crippen LogP contribution in [0.1, 0.15) is 23.3 Å². The molecule has 0 saturated carbocycles. The van der Waals surface area contributed by atoms with Gasteiger partial charge in [0.1, 0.15) is 11.2 Å². The number of nitrogens with zero attached hydrogens (tertiary/aromatic N) is 2. The maximum atomic E-state index is 12.3. The van der Waals surface area contributed by atoms with Crippen molar-refractivity contribution >= 4 is 22.5 Å². The number of nitrogens with one attached hydrogen (secondary N) is 2. The first-order chi connectivity index (χ1) is 10.5. The summed E-state index contributed by atoms with van der Waals surface area (Å²) in [7, 11) is 2.03. The van der Waals surface area contributed by atoms with Gasteiger partial charge < -0.3 is 15.2 Å². The van der Waals surface area contributed by atoms with E-state index in [9.17, 15) is 14.9 Å². The molecule has 0 bridgehead atoms. The number of para-hydroxylation sites is 1. The number of aromatic nitrogens is 1. The number of likely N-dealkylation sites (tertiary alicyclic amines) is 1. The molecule has 1 aromatic carbocycles. The highest BCUT2D eigenvalue weighted by molar-refractivity contribution is 6.00. The largest absolute Gasteiger partial charge is 0.347 e. The minimum atomic E-state index is -0.448. The Balaban J connectivity index is 1.82. The Morgan fingerprint density at radius 3 is 3.05 bits per heavy atom. The molecule has 0 unspecified atom stereocenters. The molecule has 116 valence electrons. The van der Waals surface area contributed by atoms with Gasteiger partial charge >= 0.3 is 0 Å². The van der Waals surface area contributed by atoms with Crippen molar-refractivity contribution in [2.45, 2.75) is 18.9 Å². The molecule has 2 heterocycles. The second-order valence-corrected chi connectivity index (χ2v) is 5.76. The molecule has 7 heteroatoms. The van der Waals surface area contributed by atoms with E-state index in [0.717, 1.165) is 25.9 Å². The van der Waals surface area contributed by atoms with Crippen molar-refractivity contribution in [2.24, 2.45) is 0 Å². The number of amides is 1. The zero-order valence-corrected chi connectivity index (χ0v) is 12.3. The molecule has 3 rings (SSSR count). The highest BCUT2D eigenvalue weighted by atomic mass is 16.6. The number of fused-ring (bicyclic) bond motifs is 1. The number of benzene rings is 1. The number of likely N-dealkylation sites (N-methyl/N-ethyl adjacent to an activating group) is 1. The lowest BCUT2D eigenvalue weighted by Crippen LogP contribution is -2.46. The maximum absolute atomic E-state index is 12.3. The molecular weight excluding hydrogens is 284 g/mol. The Bertz CT molecular complexity index is 725. The van der Waals surface area contributed by atoms with Crippen LogP contribution in [0.3, 0.4) is 0 Å². The van der Waals surface area contributed by atoms with Crippen LogP contribution < -0.4 is 5.32 Å². The molecule has 1 atom stereocenters. The highest BCUT2D eigenvalue weighted by Gasteiger charge is 2.21. The van der Waals surface area contributed by atoms with E-state index in [0.29, 0.717) is 16.6 Å². The fraction of sp³-hybridized carbons (Fsp3) is 0.400. The van der Waals surface area contributed by atoms with Crippen LogP contribution in [0, 0.1) is 10.1 Å². The Labute approximate surface area is 127 Å². The van der Waals surface area contributed by atoms with Gasteiger partial charge in [-0.15, -0.1) is 0 Å². The summed E-state index contributed by atoms with van der Waals surface area (Å²) in [5.41, 5.74) is 0.727. The number of nitro groups is 1. The summed E-state index contributed by atoms with van der Waals surface area (Å²) in [5.74, 6) is -0.217. The zero-order valence-electron chi connectivity index (χ0n) is 12.3. The predicted octanol–water partition coefficient (Wildman–Crippen LogP) is 1.90. The third kappa shape index (κ3) is 2.80. The van der Waals surface area contributed by atoms with Gasteiger partial charge in [-0.1, -0.05) is 12.1 Å². The van der Waals surface area contributed by atoms with Gasteiger partial charge in [0.15, 0.2) is 0 Å². The summed E-state index contributed by atoms with van der Waals surface area (Å²) in [5, 5.41) is 14.7. The third-order valence-electron chi connectivity index (χ3n) is 4.04. The van der Waals surface area contributed by atoms with E-state index in [1.54, 1.807) is 18.2 Å². The van der Waals surface area contributed by atoms with Gasteiger partial charge in [0.05, 0.1) is 4.92 Å². The topological polar surface area (TPSA) is 91.3 Å². The molecule has 2 N–H and O–H groups in total. The summed E-state index contributed by atoms with van der Waals surface area (Å²) in [4.78, 5) is 28.0. The maximum Gasteiger partial charge on any atom is 0.293 e. The average molecular weight is 302 g/mol. The van der Waals surface area contributed by atoms with Crippen molar-refractivity contribution in [3.63, 3.8) is 0 Å². The average Bonchev–Trinajstić information content (AvgIpc) is 2.91. The number of hydrogen-bond acceptors (Lipinski definition) is 4.